The molecule has 4 aliphatic rings. The Labute approximate surface area is 379 Å². The molecule has 0 aliphatic carbocycles. The Balaban J connectivity index is 1.87. The van der Waals surface area contributed by atoms with Crippen LogP contribution in [0.3, 0.4) is 0 Å². The number of nitrogens with two attached hydrogens (primary N) is 1. The molecule has 0 spiro atoms. The summed E-state index contributed by atoms with van der Waals surface area (Å²) in [6, 6.07) is -3.52. The van der Waals surface area contributed by atoms with Crippen LogP contribution in [0.2, 0.25) is 0 Å². The average molecular weight is 913 g/mol. The van der Waals surface area contributed by atoms with Gasteiger partial charge in [0.25, 0.3) is 0 Å². The van der Waals surface area contributed by atoms with Crippen LogP contribution in [0.1, 0.15) is 105 Å². The lowest BCUT2D eigenvalue weighted by Crippen LogP contribution is -2.64. The molecule has 20 heteroatoms. The number of fused-ring (bicyclic) bond motifs is 13. The van der Waals surface area contributed by atoms with Gasteiger partial charge in [-0.25, -0.2) is 4.79 Å². The van der Waals surface area contributed by atoms with Gasteiger partial charge >= 0.3 is 5.97 Å². The third kappa shape index (κ3) is 13.2. The number of phenols is 1. The van der Waals surface area contributed by atoms with Crippen LogP contribution in [0.4, 0.5) is 0 Å². The van der Waals surface area contributed by atoms with E-state index in [1.165, 1.54) is 24.1 Å². The summed E-state index contributed by atoms with van der Waals surface area (Å²) < 4.78 is 5.91. The van der Waals surface area contributed by atoms with Crippen molar-refractivity contribution in [3.8, 4) is 5.75 Å². The third-order valence-corrected chi connectivity index (χ3v) is 12.6. The number of carbonyl (C=O) groups excluding carboxylic acids is 9. The second-order valence-corrected chi connectivity index (χ2v) is 18.3. The predicted octanol–water partition coefficient (Wildman–Crippen LogP) is -0.136. The first-order chi connectivity index (χ1) is 30.6. The Morgan fingerprint density at radius 1 is 0.892 bits per heavy atom. The van der Waals surface area contributed by atoms with Crippen molar-refractivity contribution in [3.05, 3.63) is 29.8 Å². The molecule has 2 bridgehead atoms. The number of esters is 1. The Hall–Kier alpha value is -5.79. The van der Waals surface area contributed by atoms with Crippen LogP contribution < -0.4 is 32.3 Å². The summed E-state index contributed by atoms with van der Waals surface area (Å²) in [7, 11) is 1.40. The molecule has 360 valence electrons. The average Bonchev–Trinajstić information content (AvgIpc) is 3.65. The zero-order valence-corrected chi connectivity index (χ0v) is 38.6. The first-order valence-corrected chi connectivity index (χ1v) is 22.6. The maximum Gasteiger partial charge on any atom is 0.329 e. The van der Waals surface area contributed by atoms with Crippen molar-refractivity contribution in [2.75, 3.05) is 7.05 Å². The minimum absolute atomic E-state index is 0.00577. The summed E-state index contributed by atoms with van der Waals surface area (Å²) in [6.07, 6.45) is -2.90. The van der Waals surface area contributed by atoms with Crippen molar-refractivity contribution in [2.24, 2.45) is 29.4 Å². The van der Waals surface area contributed by atoms with Gasteiger partial charge in [0.2, 0.25) is 47.3 Å². The van der Waals surface area contributed by atoms with Gasteiger partial charge in [-0.1, -0.05) is 73.4 Å². The molecular formula is C45H68N8O12. The van der Waals surface area contributed by atoms with Crippen LogP contribution in [0, 0.1) is 23.7 Å². The Morgan fingerprint density at radius 3 is 2.14 bits per heavy atom. The van der Waals surface area contributed by atoms with E-state index < -0.39 is 126 Å². The summed E-state index contributed by atoms with van der Waals surface area (Å²) in [6.45, 7) is 12.1. The lowest BCUT2D eigenvalue weighted by Gasteiger charge is -2.39. The molecule has 0 radical (unpaired) electrons. The number of hydrogen-bond donors (Lipinski definition) is 8. The highest BCUT2D eigenvalue weighted by Gasteiger charge is 2.49. The number of primary amides is 1. The third-order valence-electron chi connectivity index (χ3n) is 12.6. The van der Waals surface area contributed by atoms with Crippen molar-refractivity contribution in [1.82, 2.24) is 36.4 Å². The van der Waals surface area contributed by atoms with Crippen molar-refractivity contribution in [3.63, 3.8) is 0 Å². The van der Waals surface area contributed by atoms with E-state index in [-0.39, 0.29) is 63.0 Å². The van der Waals surface area contributed by atoms with Gasteiger partial charge in [-0.05, 0) is 67.6 Å². The normalized spacial score (nSPS) is 28.0. The lowest BCUT2D eigenvalue weighted by atomic mass is 9.85. The smallest absolute Gasteiger partial charge is 0.329 e. The molecule has 11 atom stereocenters. The Bertz CT molecular complexity index is 1930. The largest absolute Gasteiger partial charge is 0.508 e. The van der Waals surface area contributed by atoms with Crippen LogP contribution in [0.15, 0.2) is 24.3 Å². The molecule has 4 heterocycles. The van der Waals surface area contributed by atoms with Crippen LogP contribution in [-0.4, -0.2) is 135 Å². The van der Waals surface area contributed by atoms with Gasteiger partial charge in [-0.15, -0.1) is 0 Å². The molecule has 1 aromatic carbocycles. The molecule has 8 amide bonds. The first kappa shape index (κ1) is 51.8. The SMILES string of the molecule is CCC(C)[C@@H]1NC(=O)[C@@H]2CC[C@H](O)N2C(=O)[C@H](CC(C)C)NC(=O)[C@@H](NC(=O)[C@H](CCC(N)=O)NC(=O)C(C)C)[C@H]2CC(CC)[C@H](NC(=O)[C@H](Cc3ccc(O)cc3)N(C)C1=O)C(=O)O2. The van der Waals surface area contributed by atoms with Crippen LogP contribution in [-0.2, 0) is 54.3 Å². The molecule has 1 aromatic rings. The number of amides is 8. The Kier molecular flexibility index (Phi) is 18.3. The van der Waals surface area contributed by atoms with Crippen molar-refractivity contribution in [2.45, 2.75) is 161 Å². The molecule has 4 fully saturated rings. The van der Waals surface area contributed by atoms with Crippen molar-refractivity contribution >= 4 is 53.2 Å². The van der Waals surface area contributed by atoms with E-state index in [4.69, 9.17) is 10.5 Å². The van der Waals surface area contributed by atoms with Gasteiger partial charge in [0.05, 0.1) is 0 Å². The van der Waals surface area contributed by atoms with E-state index in [0.29, 0.717) is 12.0 Å². The summed E-state index contributed by atoms with van der Waals surface area (Å²) in [4.78, 5) is 128. The molecule has 5 rings (SSSR count). The fraction of sp³-hybridized carbons (Fsp3) is 0.667. The van der Waals surface area contributed by atoms with Gasteiger partial charge in [0.1, 0.15) is 60.4 Å². The minimum atomic E-state index is -1.71. The zero-order chi connectivity index (χ0) is 48.4. The molecule has 0 aromatic heterocycles. The molecule has 2 unspecified atom stereocenters. The van der Waals surface area contributed by atoms with E-state index in [2.05, 4.69) is 26.6 Å². The van der Waals surface area contributed by atoms with Gasteiger partial charge in [-0.3, -0.25) is 38.4 Å². The van der Waals surface area contributed by atoms with E-state index in [0.717, 1.165) is 4.90 Å². The van der Waals surface area contributed by atoms with E-state index in [9.17, 15) is 53.4 Å². The Morgan fingerprint density at radius 2 is 1.55 bits per heavy atom. The minimum Gasteiger partial charge on any atom is -0.508 e. The molecular weight excluding hydrogens is 845 g/mol. The number of aliphatic hydroxyl groups excluding tert-OH is 1. The predicted molar refractivity (Wildman–Crippen MR) is 234 cm³/mol. The van der Waals surface area contributed by atoms with Crippen LogP contribution in [0.25, 0.3) is 0 Å². The summed E-state index contributed by atoms with van der Waals surface area (Å²) in [5, 5.41) is 34.7. The topological polar surface area (TPSA) is 296 Å². The standard InChI is InChI=1S/C45H68N8O12/c1-9-24(7)35-44(63)52(8)31(20-25-11-13-27(54)14-12-25)41(60)50-36-26(10-2)21-32(65-45(36)64)37(51-39(58)28(15-17-33(46)55)47-38(57)23(5)6)42(61)48-29(19-22(3)4)43(62)53-30(40(59)49-35)16-18-34(53)56/h11-14,22-24,26,28-32,34-37,54,56H,9-10,15-21H2,1-8H3,(H2,46,55)(H,47,57)(H,48,61)(H,49,59)(H,50,60)(H,51,58)/t24?,26?,28-,29-,30-,31-,32+,34-,35-,36-,37-/m0/s1. The number of likely N-dealkylation sites (N-methyl/N-ethyl adjacent to an activating group) is 1. The lowest BCUT2D eigenvalue weighted by molar-refractivity contribution is -0.167. The van der Waals surface area contributed by atoms with Crippen LogP contribution in [0.5, 0.6) is 5.75 Å². The number of aliphatic hydroxyl groups is 1. The highest BCUT2D eigenvalue weighted by atomic mass is 16.5. The molecule has 65 heavy (non-hydrogen) atoms. The monoisotopic (exact) mass is 912 g/mol. The summed E-state index contributed by atoms with van der Waals surface area (Å²) in [5.41, 5.74) is 5.94. The fourth-order valence-electron chi connectivity index (χ4n) is 8.46. The highest BCUT2D eigenvalue weighted by molar-refractivity contribution is 5.98. The zero-order valence-electron chi connectivity index (χ0n) is 38.6. The van der Waals surface area contributed by atoms with Gasteiger partial charge in [0, 0.05) is 25.8 Å². The number of ether oxygens (including phenoxy) is 1. The molecule has 20 nitrogen and oxygen atoms in total. The van der Waals surface area contributed by atoms with E-state index in [1.54, 1.807) is 53.7 Å². The number of carbonyl (C=O) groups is 9. The number of rotatable bonds is 14. The number of aromatic hydroxyl groups is 1. The van der Waals surface area contributed by atoms with Gasteiger partial charge in [-0.2, -0.15) is 0 Å². The molecule has 4 aliphatic heterocycles. The second kappa shape index (κ2) is 22.9. The quantitative estimate of drug-likeness (QED) is 0.0895. The number of hydrogen-bond acceptors (Lipinski definition) is 12. The molecule has 4 saturated heterocycles. The van der Waals surface area contributed by atoms with Gasteiger partial charge in [0.15, 0.2) is 0 Å². The number of nitrogens with zero attached hydrogens (tertiary/aromatic N) is 2. The summed E-state index contributed by atoms with van der Waals surface area (Å²) >= 11 is 0. The molecule has 0 saturated carbocycles. The molecule has 9 N–H and O–H groups in total. The maximum atomic E-state index is 14.7. The first-order valence-electron chi connectivity index (χ1n) is 22.6. The summed E-state index contributed by atoms with van der Waals surface area (Å²) in [5.74, 6) is -9.12. The van der Waals surface area contributed by atoms with Crippen molar-refractivity contribution in [1.29, 1.82) is 0 Å². The maximum absolute atomic E-state index is 14.7. The fourth-order valence-corrected chi connectivity index (χ4v) is 8.46. The van der Waals surface area contributed by atoms with Crippen LogP contribution >= 0.6 is 0 Å². The number of nitrogens with one attached hydrogen (secondary N) is 5. The highest BCUT2D eigenvalue weighted by Crippen LogP contribution is 2.30. The van der Waals surface area contributed by atoms with E-state index in [1.807, 2.05) is 6.92 Å². The van der Waals surface area contributed by atoms with E-state index >= 15 is 0 Å². The number of phenolic OH excluding ortho intramolecular Hbond substituents is 1. The van der Waals surface area contributed by atoms with Crippen molar-refractivity contribution < 1.29 is 58.1 Å². The second-order valence-electron chi connectivity index (χ2n) is 18.3. The number of benzene rings is 1. The van der Waals surface area contributed by atoms with Gasteiger partial charge < -0.3 is 57.1 Å².